The Balaban J connectivity index is 0.00000306. The van der Waals surface area contributed by atoms with E-state index >= 15 is 0 Å². The van der Waals surface area contributed by atoms with Crippen molar-refractivity contribution in [1.82, 2.24) is 9.88 Å². The fraction of sp³-hybridized carbons (Fsp3) is 0.231. The smallest absolute Gasteiger partial charge is 0.260 e. The molecule has 1 heterocycles. The van der Waals surface area contributed by atoms with Gasteiger partial charge >= 0.3 is 0 Å². The van der Waals surface area contributed by atoms with Gasteiger partial charge in [0.2, 0.25) is 0 Å². The van der Waals surface area contributed by atoms with Crippen molar-refractivity contribution in [2.24, 2.45) is 0 Å². The van der Waals surface area contributed by atoms with Gasteiger partial charge in [-0.3, -0.25) is 9.69 Å². The topological polar surface area (TPSA) is 45.7 Å². The Morgan fingerprint density at radius 2 is 1.61 bits per heavy atom. The van der Waals surface area contributed by atoms with Crippen LogP contribution in [0.5, 0.6) is 11.5 Å². The molecule has 172 valence electrons. The van der Waals surface area contributed by atoms with Crippen LogP contribution in [0.2, 0.25) is 0 Å². The van der Waals surface area contributed by atoms with Crippen molar-refractivity contribution in [2.45, 2.75) is 13.8 Å². The molecule has 3 aromatic carbocycles. The zero-order valence-electron chi connectivity index (χ0n) is 19.2. The molecule has 0 bridgehead atoms. The maximum absolute atomic E-state index is 13.5. The van der Waals surface area contributed by atoms with Crippen LogP contribution in [0.4, 0.5) is 5.13 Å². The first-order valence-electron chi connectivity index (χ1n) is 10.6. The second-order valence-corrected chi connectivity index (χ2v) is 9.10. The third-order valence-corrected chi connectivity index (χ3v) is 6.37. The van der Waals surface area contributed by atoms with Gasteiger partial charge in [-0.15, -0.1) is 12.4 Å². The second kappa shape index (κ2) is 10.8. The van der Waals surface area contributed by atoms with Crippen LogP contribution in [0, 0.1) is 13.8 Å². The number of carbonyl (C=O) groups excluding carboxylic acids is 1. The largest absolute Gasteiger partial charge is 0.457 e. The highest BCUT2D eigenvalue weighted by Gasteiger charge is 2.22. The molecule has 7 heteroatoms. The van der Waals surface area contributed by atoms with E-state index in [1.54, 1.807) is 16.2 Å². The number of thiazole rings is 1. The van der Waals surface area contributed by atoms with Crippen molar-refractivity contribution in [1.29, 1.82) is 0 Å². The monoisotopic (exact) mass is 481 g/mol. The summed E-state index contributed by atoms with van der Waals surface area (Å²) in [7, 11) is 4.01. The molecule has 4 rings (SSSR count). The van der Waals surface area contributed by atoms with Crippen LogP contribution in [0.25, 0.3) is 10.2 Å². The maximum atomic E-state index is 13.5. The Labute approximate surface area is 205 Å². The summed E-state index contributed by atoms with van der Waals surface area (Å²) in [5.41, 5.74) is 3.91. The molecule has 0 saturated carbocycles. The fourth-order valence-corrected chi connectivity index (χ4v) is 4.55. The second-order valence-electron chi connectivity index (χ2n) is 8.13. The lowest BCUT2D eigenvalue weighted by Crippen LogP contribution is -2.36. The molecule has 0 aliphatic rings. The number of rotatable bonds is 7. The molecule has 0 radical (unpaired) electrons. The molecular weight excluding hydrogens is 454 g/mol. The number of para-hydroxylation sites is 1. The molecule has 0 unspecified atom stereocenters. The van der Waals surface area contributed by atoms with E-state index in [2.05, 4.69) is 30.9 Å². The van der Waals surface area contributed by atoms with E-state index in [1.165, 1.54) is 11.1 Å². The summed E-state index contributed by atoms with van der Waals surface area (Å²) in [4.78, 5) is 22.2. The van der Waals surface area contributed by atoms with Crippen LogP contribution in [0.3, 0.4) is 0 Å². The van der Waals surface area contributed by atoms with Crippen molar-refractivity contribution < 1.29 is 9.53 Å². The number of hydrogen-bond acceptors (Lipinski definition) is 5. The Morgan fingerprint density at radius 1 is 0.939 bits per heavy atom. The number of hydrogen-bond donors (Lipinski definition) is 0. The number of aryl methyl sites for hydroxylation is 2. The summed E-state index contributed by atoms with van der Waals surface area (Å²) in [6.07, 6.45) is 0. The molecule has 0 aliphatic carbocycles. The Kier molecular flexibility index (Phi) is 8.08. The molecule has 4 aromatic rings. The van der Waals surface area contributed by atoms with Gasteiger partial charge in [-0.1, -0.05) is 35.6 Å². The lowest BCUT2D eigenvalue weighted by atomic mass is 10.1. The van der Waals surface area contributed by atoms with Gasteiger partial charge in [-0.2, -0.15) is 0 Å². The quantitative estimate of drug-likeness (QED) is 0.309. The minimum atomic E-state index is -0.0634. The van der Waals surface area contributed by atoms with Gasteiger partial charge in [0.15, 0.2) is 5.13 Å². The standard InChI is InChI=1S/C26H27N3O2S.ClH/c1-18-16-19(2)24-23(17-18)27-26(32-24)29(15-14-28(3)4)25(30)20-10-12-22(13-11-20)31-21-8-6-5-7-9-21;/h5-13,16-17H,14-15H2,1-4H3;1H. The molecule has 0 saturated heterocycles. The van der Waals surface area contributed by atoms with Crippen LogP contribution in [0.1, 0.15) is 21.5 Å². The van der Waals surface area contributed by atoms with E-state index < -0.39 is 0 Å². The summed E-state index contributed by atoms with van der Waals surface area (Å²) >= 11 is 1.57. The highest BCUT2D eigenvalue weighted by atomic mass is 35.5. The summed E-state index contributed by atoms with van der Waals surface area (Å²) in [5, 5.41) is 0.727. The Bertz CT molecular complexity index is 1220. The lowest BCUT2D eigenvalue weighted by Gasteiger charge is -2.22. The Morgan fingerprint density at radius 3 is 2.27 bits per heavy atom. The third kappa shape index (κ3) is 5.90. The number of nitrogens with zero attached hydrogens (tertiary/aromatic N) is 3. The van der Waals surface area contributed by atoms with Gasteiger partial charge in [0, 0.05) is 18.7 Å². The molecule has 1 amide bonds. The number of likely N-dealkylation sites (N-methyl/N-ethyl adjacent to an activating group) is 1. The van der Waals surface area contributed by atoms with Gasteiger partial charge in [0.25, 0.3) is 5.91 Å². The van der Waals surface area contributed by atoms with Gasteiger partial charge < -0.3 is 9.64 Å². The third-order valence-electron chi connectivity index (χ3n) is 5.14. The molecule has 0 atom stereocenters. The number of amides is 1. The van der Waals surface area contributed by atoms with E-state index in [9.17, 15) is 4.79 Å². The number of benzene rings is 3. The van der Waals surface area contributed by atoms with E-state index in [0.29, 0.717) is 17.9 Å². The zero-order valence-corrected chi connectivity index (χ0v) is 20.9. The van der Waals surface area contributed by atoms with Crippen LogP contribution in [-0.2, 0) is 0 Å². The van der Waals surface area contributed by atoms with Gasteiger partial charge in [0.05, 0.1) is 10.2 Å². The molecule has 0 fully saturated rings. The lowest BCUT2D eigenvalue weighted by molar-refractivity contribution is 0.0985. The molecule has 5 nitrogen and oxygen atoms in total. The molecule has 33 heavy (non-hydrogen) atoms. The number of fused-ring (bicyclic) bond motifs is 1. The zero-order chi connectivity index (χ0) is 22.7. The van der Waals surface area contributed by atoms with E-state index in [4.69, 9.17) is 9.72 Å². The van der Waals surface area contributed by atoms with E-state index in [-0.39, 0.29) is 18.3 Å². The van der Waals surface area contributed by atoms with Crippen LogP contribution in [0.15, 0.2) is 66.7 Å². The number of anilines is 1. The summed E-state index contributed by atoms with van der Waals surface area (Å²) in [5.74, 6) is 1.39. The maximum Gasteiger partial charge on any atom is 0.260 e. The highest BCUT2D eigenvalue weighted by Crippen LogP contribution is 2.33. The molecule has 0 spiro atoms. The molecule has 1 aromatic heterocycles. The number of aromatic nitrogens is 1. The fourth-order valence-electron chi connectivity index (χ4n) is 3.51. The van der Waals surface area contributed by atoms with E-state index in [1.807, 2.05) is 68.7 Å². The van der Waals surface area contributed by atoms with Crippen molar-refractivity contribution >= 4 is 45.0 Å². The average molecular weight is 482 g/mol. The summed E-state index contributed by atoms with van der Waals surface area (Å²) < 4.78 is 6.98. The molecule has 0 N–H and O–H groups in total. The molecule has 0 aliphatic heterocycles. The predicted octanol–water partition coefficient (Wildman–Crippen LogP) is 6.34. The first-order valence-corrected chi connectivity index (χ1v) is 11.4. The van der Waals surface area contributed by atoms with Crippen molar-refractivity contribution in [3.63, 3.8) is 0 Å². The SMILES string of the molecule is Cc1cc(C)c2sc(N(CCN(C)C)C(=O)c3ccc(Oc4ccccc4)cc3)nc2c1.Cl. The summed E-state index contributed by atoms with van der Waals surface area (Å²) in [6.45, 7) is 5.47. The number of halogens is 1. The van der Waals surface area contributed by atoms with Crippen LogP contribution in [-0.4, -0.2) is 43.0 Å². The van der Waals surface area contributed by atoms with Crippen molar-refractivity contribution in [3.8, 4) is 11.5 Å². The van der Waals surface area contributed by atoms with Crippen LogP contribution < -0.4 is 9.64 Å². The first-order chi connectivity index (χ1) is 15.4. The normalized spacial score (nSPS) is 10.8. The predicted molar refractivity (Wildman–Crippen MR) is 140 cm³/mol. The van der Waals surface area contributed by atoms with Gasteiger partial charge in [-0.25, -0.2) is 4.98 Å². The minimum absolute atomic E-state index is 0. The summed E-state index contributed by atoms with van der Waals surface area (Å²) in [6, 6.07) is 21.1. The molecular formula is C26H28ClN3O2S. The van der Waals surface area contributed by atoms with Gasteiger partial charge in [-0.05, 0) is 81.5 Å². The van der Waals surface area contributed by atoms with Crippen molar-refractivity contribution in [3.05, 3.63) is 83.4 Å². The van der Waals surface area contributed by atoms with E-state index in [0.717, 1.165) is 27.6 Å². The first kappa shape index (κ1) is 24.7. The highest BCUT2D eigenvalue weighted by molar-refractivity contribution is 7.22. The van der Waals surface area contributed by atoms with Gasteiger partial charge in [0.1, 0.15) is 11.5 Å². The number of ether oxygens (including phenoxy) is 1. The number of carbonyl (C=O) groups is 1. The minimum Gasteiger partial charge on any atom is -0.457 e. The van der Waals surface area contributed by atoms with Crippen LogP contribution >= 0.6 is 23.7 Å². The Hall–Kier alpha value is -2.93. The average Bonchev–Trinajstić information content (AvgIpc) is 3.19. The van der Waals surface area contributed by atoms with Crippen molar-refractivity contribution in [2.75, 3.05) is 32.1 Å².